The summed E-state index contributed by atoms with van der Waals surface area (Å²) in [5.41, 5.74) is 7.24. The molecule has 0 bridgehead atoms. The molecular formula is C26H28N4O3. The molecule has 0 saturated carbocycles. The molecule has 1 aliphatic heterocycles. The predicted octanol–water partition coefficient (Wildman–Crippen LogP) is 4.28. The Balaban J connectivity index is 1.32. The zero-order chi connectivity index (χ0) is 23.0. The summed E-state index contributed by atoms with van der Waals surface area (Å²) < 4.78 is 5.76. The lowest BCUT2D eigenvalue weighted by Gasteiger charge is -2.21. The normalized spacial score (nSPS) is 13.8. The third kappa shape index (κ3) is 6.10. The molecule has 0 aliphatic carbocycles. The van der Waals surface area contributed by atoms with E-state index in [0.717, 1.165) is 24.5 Å². The topological polar surface area (TPSA) is 97.6 Å². The van der Waals surface area contributed by atoms with Gasteiger partial charge >= 0.3 is 0 Å². The number of hydrogen-bond acceptors (Lipinski definition) is 5. The average molecular weight is 445 g/mol. The third-order valence-electron chi connectivity index (χ3n) is 5.68. The molecular weight excluding hydrogens is 416 g/mol. The number of amides is 2. The minimum absolute atomic E-state index is 0.152. The summed E-state index contributed by atoms with van der Waals surface area (Å²) in [7, 11) is 0. The number of carbonyl (C=O) groups excluding carboxylic acids is 2. The van der Waals surface area contributed by atoms with Crippen molar-refractivity contribution in [3.63, 3.8) is 0 Å². The first-order valence-corrected chi connectivity index (χ1v) is 11.2. The SMILES string of the molecule is NC(=O)c1ccc(Oc2ccc(C(=O)NCc3ccnc(N4CCCCCC4)c3)cc2)cc1. The quantitative estimate of drug-likeness (QED) is 0.567. The van der Waals surface area contributed by atoms with E-state index in [4.69, 9.17) is 10.5 Å². The summed E-state index contributed by atoms with van der Waals surface area (Å²) in [6, 6.07) is 17.5. The fourth-order valence-corrected chi connectivity index (χ4v) is 3.83. The van der Waals surface area contributed by atoms with Gasteiger partial charge in [-0.1, -0.05) is 12.8 Å². The second kappa shape index (κ2) is 10.6. The molecule has 0 atom stereocenters. The molecule has 0 unspecified atom stereocenters. The number of nitrogens with two attached hydrogens (primary N) is 1. The molecule has 4 rings (SSSR count). The van der Waals surface area contributed by atoms with Gasteiger partial charge in [0.05, 0.1) is 0 Å². The van der Waals surface area contributed by atoms with Gasteiger partial charge in [-0.3, -0.25) is 9.59 Å². The zero-order valence-electron chi connectivity index (χ0n) is 18.5. The molecule has 0 spiro atoms. The Labute approximate surface area is 193 Å². The largest absolute Gasteiger partial charge is 0.457 e. The minimum atomic E-state index is -0.484. The number of carbonyl (C=O) groups is 2. The Morgan fingerprint density at radius 1 is 0.879 bits per heavy atom. The van der Waals surface area contributed by atoms with Gasteiger partial charge in [0.25, 0.3) is 5.91 Å². The number of hydrogen-bond donors (Lipinski definition) is 2. The van der Waals surface area contributed by atoms with Crippen molar-refractivity contribution in [2.24, 2.45) is 5.73 Å². The molecule has 170 valence electrons. The first-order valence-electron chi connectivity index (χ1n) is 11.2. The van der Waals surface area contributed by atoms with Crippen LogP contribution in [0.5, 0.6) is 11.5 Å². The lowest BCUT2D eigenvalue weighted by atomic mass is 10.2. The van der Waals surface area contributed by atoms with E-state index in [1.165, 1.54) is 25.7 Å². The molecule has 1 saturated heterocycles. The number of rotatable bonds is 7. The van der Waals surface area contributed by atoms with Crippen molar-refractivity contribution in [1.29, 1.82) is 0 Å². The highest BCUT2D eigenvalue weighted by Gasteiger charge is 2.12. The van der Waals surface area contributed by atoms with E-state index in [-0.39, 0.29) is 5.91 Å². The minimum Gasteiger partial charge on any atom is -0.457 e. The highest BCUT2D eigenvalue weighted by molar-refractivity contribution is 5.94. The van der Waals surface area contributed by atoms with E-state index >= 15 is 0 Å². The Hall–Kier alpha value is -3.87. The van der Waals surface area contributed by atoms with E-state index in [0.29, 0.717) is 29.2 Å². The van der Waals surface area contributed by atoms with Gasteiger partial charge in [0.1, 0.15) is 17.3 Å². The lowest BCUT2D eigenvalue weighted by Crippen LogP contribution is -2.26. The van der Waals surface area contributed by atoms with Crippen LogP contribution in [0.2, 0.25) is 0 Å². The molecule has 33 heavy (non-hydrogen) atoms. The van der Waals surface area contributed by atoms with Gasteiger partial charge in [0.15, 0.2) is 0 Å². The van der Waals surface area contributed by atoms with E-state index in [1.807, 2.05) is 12.3 Å². The van der Waals surface area contributed by atoms with E-state index in [9.17, 15) is 9.59 Å². The molecule has 1 aliphatic rings. The number of nitrogens with one attached hydrogen (secondary N) is 1. The Bertz CT molecular complexity index is 1090. The van der Waals surface area contributed by atoms with Gasteiger partial charge < -0.3 is 20.7 Å². The van der Waals surface area contributed by atoms with Crippen LogP contribution >= 0.6 is 0 Å². The average Bonchev–Trinajstić information content (AvgIpc) is 3.13. The monoisotopic (exact) mass is 444 g/mol. The van der Waals surface area contributed by atoms with Gasteiger partial charge in [0.2, 0.25) is 5.91 Å². The van der Waals surface area contributed by atoms with E-state index in [2.05, 4.69) is 21.3 Å². The van der Waals surface area contributed by atoms with Crippen LogP contribution in [-0.4, -0.2) is 29.9 Å². The van der Waals surface area contributed by atoms with Crippen molar-refractivity contribution >= 4 is 17.6 Å². The van der Waals surface area contributed by atoms with Crippen molar-refractivity contribution in [2.45, 2.75) is 32.2 Å². The Morgan fingerprint density at radius 3 is 2.09 bits per heavy atom. The van der Waals surface area contributed by atoms with Crippen LogP contribution in [-0.2, 0) is 6.54 Å². The fraction of sp³-hybridized carbons (Fsp3) is 0.269. The van der Waals surface area contributed by atoms with Crippen LogP contribution in [0.15, 0.2) is 66.9 Å². The maximum absolute atomic E-state index is 12.6. The molecule has 7 heteroatoms. The van der Waals surface area contributed by atoms with Gasteiger partial charge in [-0.25, -0.2) is 4.98 Å². The fourth-order valence-electron chi connectivity index (χ4n) is 3.83. The summed E-state index contributed by atoms with van der Waals surface area (Å²) in [4.78, 5) is 30.6. The predicted molar refractivity (Wildman–Crippen MR) is 128 cm³/mol. The Kier molecular flexibility index (Phi) is 7.19. The smallest absolute Gasteiger partial charge is 0.251 e. The first-order chi connectivity index (χ1) is 16.1. The zero-order valence-corrected chi connectivity index (χ0v) is 18.5. The van der Waals surface area contributed by atoms with Crippen LogP contribution in [0, 0.1) is 0 Å². The van der Waals surface area contributed by atoms with Crippen molar-refractivity contribution < 1.29 is 14.3 Å². The van der Waals surface area contributed by atoms with Crippen LogP contribution in [0.1, 0.15) is 52.0 Å². The standard InChI is InChI=1S/C26H28N4O3/c27-25(31)20-5-9-22(10-6-20)33-23-11-7-21(8-12-23)26(32)29-18-19-13-14-28-24(17-19)30-15-3-1-2-4-16-30/h5-14,17H,1-4,15-16,18H2,(H2,27,31)(H,29,32). The van der Waals surface area contributed by atoms with Gasteiger partial charge in [-0.15, -0.1) is 0 Å². The molecule has 1 fully saturated rings. The summed E-state index contributed by atoms with van der Waals surface area (Å²) in [5.74, 6) is 1.51. The van der Waals surface area contributed by atoms with Crippen LogP contribution in [0.25, 0.3) is 0 Å². The van der Waals surface area contributed by atoms with Crippen LogP contribution < -0.4 is 20.7 Å². The molecule has 2 amide bonds. The lowest BCUT2D eigenvalue weighted by molar-refractivity contribution is 0.0949. The van der Waals surface area contributed by atoms with Crippen molar-refractivity contribution in [3.05, 3.63) is 83.6 Å². The number of aromatic nitrogens is 1. The second-order valence-corrected chi connectivity index (χ2v) is 8.12. The van der Waals surface area contributed by atoms with Crippen molar-refractivity contribution in [1.82, 2.24) is 10.3 Å². The van der Waals surface area contributed by atoms with Crippen molar-refractivity contribution in [3.8, 4) is 11.5 Å². The molecule has 1 aromatic heterocycles. The number of nitrogens with zero attached hydrogens (tertiary/aromatic N) is 2. The molecule has 2 aromatic carbocycles. The number of anilines is 1. The van der Waals surface area contributed by atoms with Gasteiger partial charge in [0, 0.05) is 37.0 Å². The highest BCUT2D eigenvalue weighted by atomic mass is 16.5. The van der Waals surface area contributed by atoms with Gasteiger partial charge in [-0.2, -0.15) is 0 Å². The maximum Gasteiger partial charge on any atom is 0.251 e. The molecule has 2 heterocycles. The number of benzene rings is 2. The maximum atomic E-state index is 12.6. The molecule has 0 radical (unpaired) electrons. The summed E-state index contributed by atoms with van der Waals surface area (Å²) >= 11 is 0. The summed E-state index contributed by atoms with van der Waals surface area (Å²) in [6.07, 6.45) is 6.75. The summed E-state index contributed by atoms with van der Waals surface area (Å²) in [6.45, 7) is 2.51. The van der Waals surface area contributed by atoms with Crippen LogP contribution in [0.4, 0.5) is 5.82 Å². The van der Waals surface area contributed by atoms with Gasteiger partial charge in [-0.05, 0) is 79.1 Å². The Morgan fingerprint density at radius 2 is 1.48 bits per heavy atom. The first kappa shape index (κ1) is 22.3. The number of primary amides is 1. The third-order valence-corrected chi connectivity index (χ3v) is 5.68. The number of pyridine rings is 1. The highest BCUT2D eigenvalue weighted by Crippen LogP contribution is 2.22. The molecule has 7 nitrogen and oxygen atoms in total. The van der Waals surface area contributed by atoms with Crippen LogP contribution in [0.3, 0.4) is 0 Å². The van der Waals surface area contributed by atoms with Crippen molar-refractivity contribution in [2.75, 3.05) is 18.0 Å². The second-order valence-electron chi connectivity index (χ2n) is 8.12. The molecule has 3 N–H and O–H groups in total. The number of ether oxygens (including phenoxy) is 1. The van der Waals surface area contributed by atoms with E-state index < -0.39 is 5.91 Å². The van der Waals surface area contributed by atoms with E-state index in [1.54, 1.807) is 48.5 Å². The summed E-state index contributed by atoms with van der Waals surface area (Å²) in [5, 5.41) is 2.97. The molecule has 3 aromatic rings.